The second kappa shape index (κ2) is 8.95. The quantitative estimate of drug-likeness (QED) is 0.650. The fourth-order valence-corrected chi connectivity index (χ4v) is 4.12. The minimum atomic E-state index is -0.0762. The number of piperidine rings is 1. The molecule has 3 heterocycles. The van der Waals surface area contributed by atoms with Crippen LogP contribution in [-0.2, 0) is 4.79 Å². The minimum Gasteiger partial charge on any atom is -0.342 e. The Bertz CT molecular complexity index is 945. The summed E-state index contributed by atoms with van der Waals surface area (Å²) in [5, 5.41) is 0. The molecule has 0 bridgehead atoms. The second-order valence-electron chi connectivity index (χ2n) is 7.54. The number of nitrogens with zero attached hydrogens (tertiary/aromatic N) is 4. The lowest BCUT2D eigenvalue weighted by Crippen LogP contribution is -2.41. The number of rotatable bonds is 5. The van der Waals surface area contributed by atoms with E-state index in [-0.39, 0.29) is 17.7 Å². The number of hydrogen-bond acceptors (Lipinski definition) is 4. The van der Waals surface area contributed by atoms with E-state index in [9.17, 15) is 4.79 Å². The first-order chi connectivity index (χ1) is 14.3. The lowest BCUT2D eigenvalue weighted by Gasteiger charge is -2.35. The molecule has 29 heavy (non-hydrogen) atoms. The Hall–Kier alpha value is -3.08. The van der Waals surface area contributed by atoms with Crippen LogP contribution < -0.4 is 0 Å². The van der Waals surface area contributed by atoms with Gasteiger partial charge in [-0.2, -0.15) is 0 Å². The summed E-state index contributed by atoms with van der Waals surface area (Å²) < 4.78 is 0. The van der Waals surface area contributed by atoms with E-state index < -0.39 is 0 Å². The molecule has 0 aliphatic carbocycles. The van der Waals surface area contributed by atoms with Crippen LogP contribution >= 0.6 is 0 Å². The second-order valence-corrected chi connectivity index (χ2v) is 7.54. The van der Waals surface area contributed by atoms with Gasteiger partial charge < -0.3 is 4.90 Å². The third-order valence-corrected chi connectivity index (χ3v) is 5.68. The van der Waals surface area contributed by atoms with Crippen molar-refractivity contribution in [2.75, 3.05) is 13.1 Å². The minimum absolute atomic E-state index is 0.0762. The van der Waals surface area contributed by atoms with Gasteiger partial charge in [-0.25, -0.2) is 9.97 Å². The van der Waals surface area contributed by atoms with Crippen LogP contribution in [0.2, 0.25) is 0 Å². The summed E-state index contributed by atoms with van der Waals surface area (Å²) in [4.78, 5) is 28.6. The predicted molar refractivity (Wildman–Crippen MR) is 113 cm³/mol. The Morgan fingerprint density at radius 2 is 1.90 bits per heavy atom. The molecule has 1 amide bonds. The zero-order valence-corrected chi connectivity index (χ0v) is 16.7. The molecule has 5 nitrogen and oxygen atoms in total. The molecule has 148 valence electrons. The van der Waals surface area contributed by atoms with Gasteiger partial charge >= 0.3 is 0 Å². The summed E-state index contributed by atoms with van der Waals surface area (Å²) >= 11 is 0. The van der Waals surface area contributed by atoms with Gasteiger partial charge in [0, 0.05) is 48.9 Å². The number of aromatic nitrogens is 3. The molecule has 1 saturated heterocycles. The van der Waals surface area contributed by atoms with Crippen molar-refractivity contribution in [3.63, 3.8) is 0 Å². The normalized spacial score (nSPS) is 17.7. The van der Waals surface area contributed by atoms with E-state index >= 15 is 0 Å². The first kappa shape index (κ1) is 19.2. The summed E-state index contributed by atoms with van der Waals surface area (Å²) in [6.07, 6.45) is 8.16. The Kier molecular flexibility index (Phi) is 5.94. The summed E-state index contributed by atoms with van der Waals surface area (Å²) in [5.74, 6) is 1.10. The van der Waals surface area contributed by atoms with Crippen LogP contribution in [0.4, 0.5) is 0 Å². The van der Waals surface area contributed by atoms with Gasteiger partial charge in [-0.05, 0) is 43.0 Å². The highest BCUT2D eigenvalue weighted by molar-refractivity contribution is 5.83. The van der Waals surface area contributed by atoms with Crippen molar-refractivity contribution in [1.82, 2.24) is 19.9 Å². The van der Waals surface area contributed by atoms with Crippen LogP contribution in [-0.4, -0.2) is 38.8 Å². The van der Waals surface area contributed by atoms with Gasteiger partial charge in [0.15, 0.2) is 5.82 Å². The molecular weight excluding hydrogens is 360 g/mol. The maximum absolute atomic E-state index is 13.3. The highest BCUT2D eigenvalue weighted by Crippen LogP contribution is 2.30. The standard InChI is InChI=1S/C24H26N4O/c1-2-21(18-7-4-3-5-8-18)24(29)28-16-6-9-20(17-28)22-12-15-26-23(27-22)19-10-13-25-14-11-19/h3-5,7-8,10-15,20-21H,2,6,9,16-17H2,1H3. The predicted octanol–water partition coefficient (Wildman–Crippen LogP) is 4.44. The molecule has 0 saturated carbocycles. The average Bonchev–Trinajstić information content (AvgIpc) is 2.81. The Balaban J connectivity index is 1.52. The average molecular weight is 386 g/mol. The summed E-state index contributed by atoms with van der Waals surface area (Å²) in [7, 11) is 0. The number of carbonyl (C=O) groups excluding carboxylic acids is 1. The van der Waals surface area contributed by atoms with Crippen molar-refractivity contribution in [2.24, 2.45) is 0 Å². The van der Waals surface area contributed by atoms with Gasteiger partial charge in [-0.15, -0.1) is 0 Å². The Labute approximate surface area is 171 Å². The fraction of sp³-hybridized carbons (Fsp3) is 0.333. The fourth-order valence-electron chi connectivity index (χ4n) is 4.12. The molecule has 1 aliphatic rings. The molecule has 1 fully saturated rings. The van der Waals surface area contributed by atoms with Gasteiger partial charge in [0.2, 0.25) is 5.91 Å². The van der Waals surface area contributed by atoms with Gasteiger partial charge in [-0.3, -0.25) is 9.78 Å². The maximum atomic E-state index is 13.3. The molecule has 0 spiro atoms. The van der Waals surface area contributed by atoms with Crippen molar-refractivity contribution < 1.29 is 4.79 Å². The smallest absolute Gasteiger partial charge is 0.230 e. The molecule has 5 heteroatoms. The molecule has 1 aliphatic heterocycles. The highest BCUT2D eigenvalue weighted by atomic mass is 16.2. The zero-order chi connectivity index (χ0) is 20.1. The monoisotopic (exact) mass is 386 g/mol. The van der Waals surface area contributed by atoms with Crippen LogP contribution in [0.25, 0.3) is 11.4 Å². The lowest BCUT2D eigenvalue weighted by atomic mass is 9.90. The molecule has 2 unspecified atom stereocenters. The van der Waals surface area contributed by atoms with Crippen molar-refractivity contribution in [3.8, 4) is 11.4 Å². The third kappa shape index (κ3) is 4.34. The van der Waals surface area contributed by atoms with Crippen molar-refractivity contribution in [1.29, 1.82) is 0 Å². The lowest BCUT2D eigenvalue weighted by molar-refractivity contribution is -0.134. The first-order valence-electron chi connectivity index (χ1n) is 10.3. The molecule has 0 N–H and O–H groups in total. The van der Waals surface area contributed by atoms with Crippen LogP contribution in [0.3, 0.4) is 0 Å². The number of benzene rings is 1. The molecule has 2 atom stereocenters. The Morgan fingerprint density at radius 1 is 1.10 bits per heavy atom. The van der Waals surface area contributed by atoms with Crippen molar-refractivity contribution in [2.45, 2.75) is 38.0 Å². The largest absolute Gasteiger partial charge is 0.342 e. The SMILES string of the molecule is CCC(C(=O)N1CCCC(c2ccnc(-c3ccncc3)n2)C1)c1ccccc1. The molecule has 1 aromatic carbocycles. The highest BCUT2D eigenvalue weighted by Gasteiger charge is 2.30. The van der Waals surface area contributed by atoms with Crippen LogP contribution in [0.5, 0.6) is 0 Å². The van der Waals surface area contributed by atoms with E-state index in [0.29, 0.717) is 5.82 Å². The molecular formula is C24H26N4O. The van der Waals surface area contributed by atoms with Crippen molar-refractivity contribution >= 4 is 5.91 Å². The van der Waals surface area contributed by atoms with Crippen LogP contribution in [0.15, 0.2) is 67.1 Å². The van der Waals surface area contributed by atoms with E-state index in [4.69, 9.17) is 4.98 Å². The molecule has 2 aromatic heterocycles. The Morgan fingerprint density at radius 3 is 2.66 bits per heavy atom. The maximum Gasteiger partial charge on any atom is 0.230 e. The van der Waals surface area contributed by atoms with Gasteiger partial charge in [0.25, 0.3) is 0 Å². The zero-order valence-electron chi connectivity index (χ0n) is 16.7. The number of hydrogen-bond donors (Lipinski definition) is 0. The van der Waals surface area contributed by atoms with Crippen LogP contribution in [0.1, 0.15) is 49.3 Å². The number of amides is 1. The van der Waals surface area contributed by atoms with E-state index in [2.05, 4.69) is 29.0 Å². The first-order valence-corrected chi connectivity index (χ1v) is 10.3. The third-order valence-electron chi connectivity index (χ3n) is 5.68. The molecule has 4 rings (SSSR count). The number of carbonyl (C=O) groups is 1. The van der Waals surface area contributed by atoms with Gasteiger partial charge in [0.1, 0.15) is 0 Å². The van der Waals surface area contributed by atoms with E-state index in [1.165, 1.54) is 0 Å². The summed E-state index contributed by atoms with van der Waals surface area (Å²) in [6, 6.07) is 15.9. The van der Waals surface area contributed by atoms with Gasteiger partial charge in [0.05, 0.1) is 5.92 Å². The van der Waals surface area contributed by atoms with Gasteiger partial charge in [-0.1, -0.05) is 37.3 Å². The topological polar surface area (TPSA) is 59.0 Å². The van der Waals surface area contributed by atoms with E-state index in [1.807, 2.05) is 47.5 Å². The molecule has 3 aromatic rings. The van der Waals surface area contributed by atoms with E-state index in [0.717, 1.165) is 49.2 Å². The summed E-state index contributed by atoms with van der Waals surface area (Å²) in [6.45, 7) is 3.62. The summed E-state index contributed by atoms with van der Waals surface area (Å²) in [5.41, 5.74) is 3.07. The molecule has 0 radical (unpaired) electrons. The number of pyridine rings is 1. The van der Waals surface area contributed by atoms with E-state index in [1.54, 1.807) is 12.4 Å². The van der Waals surface area contributed by atoms with Crippen molar-refractivity contribution in [3.05, 3.63) is 78.4 Å². The number of likely N-dealkylation sites (tertiary alicyclic amines) is 1. The van der Waals surface area contributed by atoms with Crippen LogP contribution in [0, 0.1) is 0 Å².